The molecule has 0 aliphatic carbocycles. The third-order valence-electron chi connectivity index (χ3n) is 1.82. The Morgan fingerprint density at radius 3 is 2.09 bits per heavy atom. The van der Waals surface area contributed by atoms with E-state index in [1.54, 1.807) is 0 Å². The minimum absolute atomic E-state index is 0.482. The van der Waals surface area contributed by atoms with Gasteiger partial charge in [0.05, 0.1) is 12.0 Å². The maximum Gasteiger partial charge on any atom is 0.301 e. The Kier molecular flexibility index (Phi) is 7.49. The number of pyridine rings is 1. The third-order valence-corrected chi connectivity index (χ3v) is 3.43. The van der Waals surface area contributed by atoms with E-state index in [1.165, 1.54) is 6.07 Å². The number of hydrogen-bond donors (Lipinski definition) is 2. The van der Waals surface area contributed by atoms with E-state index >= 15 is 0 Å². The van der Waals surface area contributed by atoms with Gasteiger partial charge in [0, 0.05) is 12.5 Å². The van der Waals surface area contributed by atoms with Crippen LogP contribution >= 0.6 is 0 Å². The van der Waals surface area contributed by atoms with E-state index in [2.05, 4.69) is 4.98 Å². The van der Waals surface area contributed by atoms with Crippen molar-refractivity contribution in [1.82, 2.24) is 4.98 Å². The highest BCUT2D eigenvalue weighted by Crippen LogP contribution is 2.18. The SMILES string of the molecule is CS(=O)(=O)O.O=S(=O)(CCC(F)=C(F)F)c1cccc(O)n1. The van der Waals surface area contributed by atoms with Crippen molar-refractivity contribution in [3.05, 3.63) is 30.1 Å². The average Bonchev–Trinajstić information content (AvgIpc) is 2.34. The van der Waals surface area contributed by atoms with Crippen molar-refractivity contribution >= 4 is 20.0 Å². The van der Waals surface area contributed by atoms with Gasteiger partial charge in [-0.3, -0.25) is 4.55 Å². The van der Waals surface area contributed by atoms with E-state index < -0.39 is 54.9 Å². The summed E-state index contributed by atoms with van der Waals surface area (Å²) in [5.74, 6) is -3.13. The molecule has 0 amide bonds. The van der Waals surface area contributed by atoms with Crippen LogP contribution in [0.25, 0.3) is 0 Å². The number of aromatic hydroxyl groups is 1. The highest BCUT2D eigenvalue weighted by Gasteiger charge is 2.18. The minimum atomic E-state index is -3.99. The maximum absolute atomic E-state index is 12.4. The van der Waals surface area contributed by atoms with E-state index in [0.717, 1.165) is 12.1 Å². The first-order chi connectivity index (χ1) is 9.83. The van der Waals surface area contributed by atoms with Crippen LogP contribution in [0.4, 0.5) is 13.2 Å². The maximum atomic E-state index is 12.4. The number of aromatic nitrogens is 1. The lowest BCUT2D eigenvalue weighted by Crippen LogP contribution is -2.09. The van der Waals surface area contributed by atoms with Gasteiger partial charge >= 0.3 is 6.08 Å². The molecule has 22 heavy (non-hydrogen) atoms. The molecule has 12 heteroatoms. The number of halogens is 3. The van der Waals surface area contributed by atoms with Crippen molar-refractivity contribution in [2.75, 3.05) is 12.0 Å². The van der Waals surface area contributed by atoms with Gasteiger partial charge in [0.1, 0.15) is 0 Å². The molecule has 0 aliphatic heterocycles. The van der Waals surface area contributed by atoms with Crippen molar-refractivity contribution in [2.24, 2.45) is 0 Å². The lowest BCUT2D eigenvalue weighted by atomic mass is 10.4. The zero-order valence-electron chi connectivity index (χ0n) is 11.1. The Morgan fingerprint density at radius 2 is 1.68 bits per heavy atom. The van der Waals surface area contributed by atoms with Crippen LogP contribution in [0.15, 0.2) is 35.1 Å². The molecule has 0 bridgehead atoms. The van der Waals surface area contributed by atoms with Gasteiger partial charge in [-0.2, -0.15) is 17.2 Å². The molecule has 0 radical (unpaired) electrons. The van der Waals surface area contributed by atoms with Crippen LogP contribution < -0.4 is 0 Å². The first-order valence-corrected chi connectivity index (χ1v) is 8.84. The second kappa shape index (κ2) is 8.10. The molecule has 126 valence electrons. The average molecular weight is 363 g/mol. The second-order valence-corrected chi connectivity index (χ2v) is 7.32. The van der Waals surface area contributed by atoms with E-state index in [1.807, 2.05) is 0 Å². The fourth-order valence-corrected chi connectivity index (χ4v) is 2.18. The molecule has 0 spiro atoms. The van der Waals surface area contributed by atoms with Gasteiger partial charge in [-0.25, -0.2) is 17.8 Å². The summed E-state index contributed by atoms with van der Waals surface area (Å²) in [6.45, 7) is 0. The van der Waals surface area contributed by atoms with Crippen molar-refractivity contribution in [1.29, 1.82) is 0 Å². The van der Waals surface area contributed by atoms with Gasteiger partial charge < -0.3 is 5.11 Å². The van der Waals surface area contributed by atoms with E-state index in [0.29, 0.717) is 6.26 Å². The van der Waals surface area contributed by atoms with Crippen LogP contribution in [0.3, 0.4) is 0 Å². The standard InChI is InChI=1S/C9H8F3NO3S.CH4O3S/c10-6(9(11)12)4-5-17(15,16)8-3-1-2-7(14)13-8;1-5(2,3)4/h1-3H,4-5H2,(H,13,14);1H3,(H,2,3,4). The normalized spacial score (nSPS) is 11.3. The Balaban J connectivity index is 0.000000763. The Hall–Kier alpha value is -1.66. The summed E-state index contributed by atoms with van der Waals surface area (Å²) in [5, 5.41) is 8.48. The van der Waals surface area contributed by atoms with Gasteiger partial charge in [-0.05, 0) is 6.07 Å². The molecule has 1 heterocycles. The van der Waals surface area contributed by atoms with Crippen LogP contribution in [-0.4, -0.2) is 43.5 Å². The fraction of sp³-hybridized carbons (Fsp3) is 0.300. The summed E-state index contributed by atoms with van der Waals surface area (Å²) < 4.78 is 84.8. The molecular formula is C10H12F3NO6S2. The van der Waals surface area contributed by atoms with Gasteiger partial charge in [0.2, 0.25) is 5.88 Å². The third kappa shape index (κ3) is 9.31. The van der Waals surface area contributed by atoms with Crippen LogP contribution in [0, 0.1) is 0 Å². The lowest BCUT2D eigenvalue weighted by Gasteiger charge is -2.02. The van der Waals surface area contributed by atoms with Gasteiger partial charge in [-0.15, -0.1) is 0 Å². The summed E-state index contributed by atoms with van der Waals surface area (Å²) in [7, 11) is -7.66. The molecule has 0 aliphatic rings. The number of rotatable bonds is 4. The molecule has 0 atom stereocenters. The number of hydrogen-bond acceptors (Lipinski definition) is 6. The molecule has 0 unspecified atom stereocenters. The molecule has 1 aromatic rings. The predicted molar refractivity (Wildman–Crippen MR) is 70.4 cm³/mol. The summed E-state index contributed by atoms with van der Waals surface area (Å²) >= 11 is 0. The summed E-state index contributed by atoms with van der Waals surface area (Å²) in [4.78, 5) is 3.31. The highest BCUT2D eigenvalue weighted by molar-refractivity contribution is 7.91. The first kappa shape index (κ1) is 20.3. The summed E-state index contributed by atoms with van der Waals surface area (Å²) in [6.07, 6.45) is -2.75. The molecule has 0 saturated carbocycles. The van der Waals surface area contributed by atoms with Crippen molar-refractivity contribution in [3.63, 3.8) is 0 Å². The lowest BCUT2D eigenvalue weighted by molar-refractivity contribution is 0.373. The molecule has 1 rings (SSSR count). The fourth-order valence-electron chi connectivity index (χ4n) is 1.00. The zero-order chi connectivity index (χ0) is 17.6. The Labute approximate surface area is 124 Å². The van der Waals surface area contributed by atoms with Gasteiger partial charge in [0.25, 0.3) is 10.1 Å². The van der Waals surface area contributed by atoms with E-state index in [-0.39, 0.29) is 0 Å². The smallest absolute Gasteiger partial charge is 0.301 e. The largest absolute Gasteiger partial charge is 0.493 e. The molecule has 2 N–H and O–H groups in total. The first-order valence-electron chi connectivity index (χ1n) is 5.34. The summed E-state index contributed by atoms with van der Waals surface area (Å²) in [6, 6.07) is 3.47. The molecular weight excluding hydrogens is 351 g/mol. The molecule has 0 aromatic carbocycles. The van der Waals surface area contributed by atoms with Crippen LogP contribution in [0.1, 0.15) is 6.42 Å². The monoisotopic (exact) mass is 363 g/mol. The molecule has 1 aromatic heterocycles. The van der Waals surface area contributed by atoms with Crippen molar-refractivity contribution < 1.29 is 39.7 Å². The molecule has 7 nitrogen and oxygen atoms in total. The van der Waals surface area contributed by atoms with Crippen LogP contribution in [0.5, 0.6) is 5.88 Å². The van der Waals surface area contributed by atoms with Crippen LogP contribution in [-0.2, 0) is 20.0 Å². The predicted octanol–water partition coefficient (Wildman–Crippen LogP) is 1.53. The van der Waals surface area contributed by atoms with E-state index in [4.69, 9.17) is 9.66 Å². The topological polar surface area (TPSA) is 122 Å². The zero-order valence-corrected chi connectivity index (χ0v) is 12.7. The van der Waals surface area contributed by atoms with Crippen molar-refractivity contribution in [2.45, 2.75) is 11.4 Å². The number of nitrogens with zero attached hydrogens (tertiary/aromatic N) is 1. The van der Waals surface area contributed by atoms with Crippen LogP contribution in [0.2, 0.25) is 0 Å². The molecule has 0 saturated heterocycles. The van der Waals surface area contributed by atoms with Crippen molar-refractivity contribution in [3.8, 4) is 5.88 Å². The van der Waals surface area contributed by atoms with Gasteiger partial charge in [0.15, 0.2) is 20.7 Å². The highest BCUT2D eigenvalue weighted by atomic mass is 32.2. The Bertz CT molecular complexity index is 734. The minimum Gasteiger partial charge on any atom is -0.493 e. The van der Waals surface area contributed by atoms with E-state index in [9.17, 15) is 30.0 Å². The Morgan fingerprint density at radius 1 is 1.18 bits per heavy atom. The second-order valence-electron chi connectivity index (χ2n) is 3.80. The summed E-state index contributed by atoms with van der Waals surface area (Å²) in [5.41, 5.74) is 0. The quantitative estimate of drug-likeness (QED) is 0.778. The number of sulfone groups is 1. The molecule has 0 fully saturated rings. The van der Waals surface area contributed by atoms with Gasteiger partial charge in [-0.1, -0.05) is 6.07 Å². The number of allylic oxidation sites excluding steroid dienone is 1.